The number of aryl methyl sites for hydroxylation is 1. The van der Waals surface area contributed by atoms with Gasteiger partial charge in [0.05, 0.1) is 11.6 Å². The third-order valence-electron chi connectivity index (χ3n) is 2.02. The fraction of sp³-hybridized carbons (Fsp3) is 0.273. The van der Waals surface area contributed by atoms with Crippen LogP contribution in [0.15, 0.2) is 18.2 Å². The van der Waals surface area contributed by atoms with E-state index in [0.717, 1.165) is 11.1 Å². The van der Waals surface area contributed by atoms with Crippen LogP contribution in [-0.2, 0) is 0 Å². The average Bonchev–Trinajstić information content (AvgIpc) is 2.51. The van der Waals surface area contributed by atoms with Crippen LogP contribution in [0.2, 0.25) is 5.02 Å². The van der Waals surface area contributed by atoms with Crippen molar-refractivity contribution >= 4 is 33.0 Å². The van der Waals surface area contributed by atoms with E-state index in [4.69, 9.17) is 16.3 Å². The maximum absolute atomic E-state index is 6.07. The Morgan fingerprint density at radius 3 is 2.93 bits per heavy atom. The summed E-state index contributed by atoms with van der Waals surface area (Å²) in [5.41, 5.74) is 0. The first kappa shape index (κ1) is 9.81. The van der Waals surface area contributed by atoms with Gasteiger partial charge in [-0.05, 0) is 32.0 Å². The molecule has 0 bridgehead atoms. The van der Waals surface area contributed by atoms with E-state index < -0.39 is 0 Å². The zero-order valence-electron chi connectivity index (χ0n) is 8.13. The minimum absolute atomic E-state index is 0.647. The molecule has 0 saturated heterocycles. The van der Waals surface area contributed by atoms with E-state index >= 15 is 0 Å². The van der Waals surface area contributed by atoms with Crippen LogP contribution in [0.3, 0.4) is 0 Å². The molecule has 1 aromatic carbocycles. The number of ether oxygens (including phenoxy) is 1. The molecule has 14 heavy (non-hydrogen) atoms. The minimum atomic E-state index is 0.647. The monoisotopic (exact) mass is 226 g/mol. The predicted octanol–water partition coefficient (Wildman–Crippen LogP) is 4.26. The fourth-order valence-electron chi connectivity index (χ4n) is 1.48. The van der Waals surface area contributed by atoms with Crippen LogP contribution in [-0.4, -0.2) is 6.61 Å². The molecular formula is C11H11ClOS. The van der Waals surface area contributed by atoms with Gasteiger partial charge in [-0.1, -0.05) is 11.6 Å². The second-order valence-corrected chi connectivity index (χ2v) is 4.77. The molecule has 0 aliphatic carbocycles. The van der Waals surface area contributed by atoms with Gasteiger partial charge in [0.1, 0.15) is 5.75 Å². The highest BCUT2D eigenvalue weighted by molar-refractivity contribution is 7.19. The van der Waals surface area contributed by atoms with Crippen LogP contribution in [0, 0.1) is 6.92 Å². The van der Waals surface area contributed by atoms with Crippen molar-refractivity contribution in [1.82, 2.24) is 0 Å². The molecule has 3 heteroatoms. The second kappa shape index (κ2) is 3.79. The van der Waals surface area contributed by atoms with Crippen molar-refractivity contribution in [3.63, 3.8) is 0 Å². The summed E-state index contributed by atoms with van der Waals surface area (Å²) in [4.78, 5) is 1.28. The molecule has 2 aromatic rings. The van der Waals surface area contributed by atoms with E-state index in [0.29, 0.717) is 11.6 Å². The lowest BCUT2D eigenvalue weighted by Crippen LogP contribution is -1.92. The van der Waals surface area contributed by atoms with E-state index in [1.807, 2.05) is 19.1 Å². The van der Waals surface area contributed by atoms with Crippen molar-refractivity contribution in [1.29, 1.82) is 0 Å². The number of hydrogen-bond acceptors (Lipinski definition) is 2. The molecule has 0 N–H and O–H groups in total. The van der Waals surface area contributed by atoms with Crippen LogP contribution in [0.5, 0.6) is 5.75 Å². The highest BCUT2D eigenvalue weighted by Gasteiger charge is 2.08. The zero-order valence-corrected chi connectivity index (χ0v) is 9.71. The third kappa shape index (κ3) is 1.60. The van der Waals surface area contributed by atoms with Gasteiger partial charge in [-0.25, -0.2) is 0 Å². The Morgan fingerprint density at radius 1 is 1.43 bits per heavy atom. The molecule has 0 aliphatic heterocycles. The Labute approximate surface area is 92.3 Å². The molecule has 2 rings (SSSR count). The zero-order chi connectivity index (χ0) is 10.1. The number of halogens is 1. The summed E-state index contributed by atoms with van der Waals surface area (Å²) in [6, 6.07) is 6.06. The lowest BCUT2D eigenvalue weighted by atomic mass is 10.2. The number of rotatable bonds is 2. The second-order valence-electron chi connectivity index (χ2n) is 3.08. The van der Waals surface area contributed by atoms with Crippen LogP contribution in [0.1, 0.15) is 11.8 Å². The SMILES string of the molecule is CCOc1c(Cl)ccc2sc(C)cc12. The lowest BCUT2D eigenvalue weighted by Gasteiger charge is -2.06. The number of hydrogen-bond donors (Lipinski definition) is 0. The maximum atomic E-state index is 6.07. The van der Waals surface area contributed by atoms with Crippen LogP contribution in [0.25, 0.3) is 10.1 Å². The van der Waals surface area contributed by atoms with Crippen LogP contribution < -0.4 is 4.74 Å². The van der Waals surface area contributed by atoms with Crippen molar-refractivity contribution in [2.24, 2.45) is 0 Å². The molecule has 1 nitrogen and oxygen atoms in total. The summed E-state index contributed by atoms with van der Waals surface area (Å²) in [5.74, 6) is 0.816. The number of benzene rings is 1. The molecule has 0 atom stereocenters. The number of thiophene rings is 1. The van der Waals surface area contributed by atoms with Gasteiger partial charge >= 0.3 is 0 Å². The van der Waals surface area contributed by atoms with Crippen LogP contribution >= 0.6 is 22.9 Å². The average molecular weight is 227 g/mol. The normalized spacial score (nSPS) is 10.8. The quantitative estimate of drug-likeness (QED) is 0.744. The highest BCUT2D eigenvalue weighted by atomic mass is 35.5. The van der Waals surface area contributed by atoms with Gasteiger partial charge in [-0.3, -0.25) is 0 Å². The summed E-state index contributed by atoms with van der Waals surface area (Å²) in [6.07, 6.45) is 0. The Bertz CT molecular complexity index is 462. The molecule has 0 saturated carbocycles. The van der Waals surface area contributed by atoms with Crippen LogP contribution in [0.4, 0.5) is 0 Å². The van der Waals surface area contributed by atoms with Gasteiger partial charge < -0.3 is 4.74 Å². The molecule has 0 unspecified atom stereocenters. The third-order valence-corrected chi connectivity index (χ3v) is 3.33. The summed E-state index contributed by atoms with van der Waals surface area (Å²) < 4.78 is 6.77. The standard InChI is InChI=1S/C11H11ClOS/c1-3-13-11-8-6-7(2)14-10(8)5-4-9(11)12/h4-6H,3H2,1-2H3. The Hall–Kier alpha value is -0.730. The van der Waals surface area contributed by atoms with E-state index in [1.54, 1.807) is 11.3 Å². The van der Waals surface area contributed by atoms with Gasteiger partial charge in [0.25, 0.3) is 0 Å². The number of fused-ring (bicyclic) bond motifs is 1. The highest BCUT2D eigenvalue weighted by Crippen LogP contribution is 2.37. The largest absolute Gasteiger partial charge is 0.492 e. The first-order valence-electron chi connectivity index (χ1n) is 4.54. The maximum Gasteiger partial charge on any atom is 0.146 e. The molecule has 0 radical (unpaired) electrons. The Morgan fingerprint density at radius 2 is 2.21 bits per heavy atom. The smallest absolute Gasteiger partial charge is 0.146 e. The summed E-state index contributed by atoms with van der Waals surface area (Å²) in [7, 11) is 0. The Balaban J connectivity index is 2.68. The van der Waals surface area contributed by atoms with Crippen molar-refractivity contribution in [2.45, 2.75) is 13.8 Å². The van der Waals surface area contributed by atoms with Crippen molar-refractivity contribution in [3.05, 3.63) is 28.1 Å². The van der Waals surface area contributed by atoms with Gasteiger partial charge in [-0.15, -0.1) is 11.3 Å². The van der Waals surface area contributed by atoms with Crippen molar-refractivity contribution in [2.75, 3.05) is 6.61 Å². The molecule has 0 amide bonds. The topological polar surface area (TPSA) is 9.23 Å². The first-order chi connectivity index (χ1) is 6.72. The molecule has 1 aromatic heterocycles. The van der Waals surface area contributed by atoms with E-state index in [2.05, 4.69) is 13.0 Å². The molecule has 74 valence electrons. The van der Waals surface area contributed by atoms with E-state index in [-0.39, 0.29) is 0 Å². The van der Waals surface area contributed by atoms with E-state index in [9.17, 15) is 0 Å². The van der Waals surface area contributed by atoms with E-state index in [1.165, 1.54) is 9.58 Å². The lowest BCUT2D eigenvalue weighted by molar-refractivity contribution is 0.344. The van der Waals surface area contributed by atoms with Crippen molar-refractivity contribution < 1.29 is 4.74 Å². The van der Waals surface area contributed by atoms with Gasteiger partial charge in [0.2, 0.25) is 0 Å². The van der Waals surface area contributed by atoms with Crippen molar-refractivity contribution in [3.8, 4) is 5.75 Å². The fourth-order valence-corrected chi connectivity index (χ4v) is 2.62. The van der Waals surface area contributed by atoms with Gasteiger partial charge in [-0.2, -0.15) is 0 Å². The molecule has 1 heterocycles. The molecule has 0 fully saturated rings. The minimum Gasteiger partial charge on any atom is -0.492 e. The first-order valence-corrected chi connectivity index (χ1v) is 5.73. The molecule has 0 spiro atoms. The summed E-state index contributed by atoms with van der Waals surface area (Å²) in [6.45, 7) is 4.70. The molecular weight excluding hydrogens is 216 g/mol. The van der Waals surface area contributed by atoms with Gasteiger partial charge in [0, 0.05) is 15.0 Å². The van der Waals surface area contributed by atoms with Gasteiger partial charge in [0.15, 0.2) is 0 Å². The summed E-state index contributed by atoms with van der Waals surface area (Å²) >= 11 is 7.83. The molecule has 0 aliphatic rings. The summed E-state index contributed by atoms with van der Waals surface area (Å²) in [5, 5.41) is 1.82. The Kier molecular flexibility index (Phi) is 2.66. The predicted molar refractivity (Wildman–Crippen MR) is 62.7 cm³/mol.